The van der Waals surface area contributed by atoms with Crippen molar-refractivity contribution in [3.63, 3.8) is 0 Å². The van der Waals surface area contributed by atoms with Crippen molar-refractivity contribution >= 4 is 11.5 Å². The number of rotatable bonds is 3. The highest BCUT2D eigenvalue weighted by Crippen LogP contribution is 2.25. The van der Waals surface area contributed by atoms with Crippen LogP contribution in [0.25, 0.3) is 0 Å². The molecule has 2 aromatic carbocycles. The number of fused-ring (bicyclic) bond motifs is 1. The van der Waals surface area contributed by atoms with Crippen LogP contribution < -0.4 is 4.90 Å². The summed E-state index contributed by atoms with van der Waals surface area (Å²) in [6.45, 7) is 0. The van der Waals surface area contributed by atoms with Crippen molar-refractivity contribution in [3.8, 4) is 0 Å². The van der Waals surface area contributed by atoms with Crippen LogP contribution in [-0.2, 0) is 6.42 Å². The second-order valence-electron chi connectivity index (χ2n) is 5.14. The molecule has 0 saturated carbocycles. The molecule has 0 bridgehead atoms. The van der Waals surface area contributed by atoms with Crippen LogP contribution in [-0.4, -0.2) is 12.8 Å². The van der Waals surface area contributed by atoms with Crippen molar-refractivity contribution in [1.82, 2.24) is 0 Å². The number of anilines is 1. The van der Waals surface area contributed by atoms with Crippen LogP contribution >= 0.6 is 0 Å². The Labute approximate surface area is 125 Å². The highest BCUT2D eigenvalue weighted by Gasteiger charge is 2.23. The molecule has 3 rings (SSSR count). The maximum atomic E-state index is 12.2. The van der Waals surface area contributed by atoms with Gasteiger partial charge in [0.2, 0.25) is 0 Å². The van der Waals surface area contributed by atoms with E-state index in [2.05, 4.69) is 0 Å². The molecule has 0 atom stereocenters. The van der Waals surface area contributed by atoms with E-state index in [1.165, 1.54) is 0 Å². The molecule has 2 heteroatoms. The number of ketones is 1. The fourth-order valence-electron chi connectivity index (χ4n) is 2.53. The molecule has 1 aliphatic carbocycles. The first-order valence-electron chi connectivity index (χ1n) is 7.03. The molecule has 0 aromatic heterocycles. The first kappa shape index (κ1) is 13.4. The highest BCUT2D eigenvalue weighted by molar-refractivity contribution is 6.13. The van der Waals surface area contributed by atoms with Crippen LogP contribution in [0.3, 0.4) is 0 Å². The van der Waals surface area contributed by atoms with Gasteiger partial charge in [-0.2, -0.15) is 0 Å². The lowest BCUT2D eigenvalue weighted by Crippen LogP contribution is -2.06. The second kappa shape index (κ2) is 5.80. The van der Waals surface area contributed by atoms with Crippen molar-refractivity contribution in [2.24, 2.45) is 0 Å². The lowest BCUT2D eigenvalue weighted by atomic mass is 10.1. The largest absolute Gasteiger partial charge is 0.351 e. The number of para-hydroxylation sites is 1. The molecule has 21 heavy (non-hydrogen) atoms. The Balaban J connectivity index is 1.73. The third-order valence-electron chi connectivity index (χ3n) is 3.71. The summed E-state index contributed by atoms with van der Waals surface area (Å²) in [4.78, 5) is 14.3. The zero-order valence-electron chi connectivity index (χ0n) is 12.0. The number of carbonyl (C=O) groups excluding carboxylic acids is 1. The molecule has 0 heterocycles. The molecule has 2 nitrogen and oxygen atoms in total. The van der Waals surface area contributed by atoms with Gasteiger partial charge in [0.1, 0.15) is 0 Å². The van der Waals surface area contributed by atoms with Crippen LogP contribution in [0.4, 0.5) is 5.69 Å². The minimum absolute atomic E-state index is 0.151. The molecule has 2 aromatic rings. The van der Waals surface area contributed by atoms with Gasteiger partial charge in [-0.25, -0.2) is 0 Å². The van der Waals surface area contributed by atoms with E-state index in [0.717, 1.165) is 28.8 Å². The van der Waals surface area contributed by atoms with Gasteiger partial charge in [0, 0.05) is 36.5 Å². The van der Waals surface area contributed by atoms with Crippen LogP contribution in [0.5, 0.6) is 0 Å². The van der Waals surface area contributed by atoms with Gasteiger partial charge in [-0.05, 0) is 23.8 Å². The van der Waals surface area contributed by atoms with Crippen LogP contribution in [0.15, 0.2) is 78.5 Å². The Morgan fingerprint density at radius 2 is 1.71 bits per heavy atom. The molecule has 0 unspecified atom stereocenters. The summed E-state index contributed by atoms with van der Waals surface area (Å²) in [7, 11) is 2.00. The van der Waals surface area contributed by atoms with Gasteiger partial charge in [0.05, 0.1) is 0 Å². The predicted octanol–water partition coefficient (Wildman–Crippen LogP) is 4.00. The highest BCUT2D eigenvalue weighted by atomic mass is 16.1. The van der Waals surface area contributed by atoms with Gasteiger partial charge >= 0.3 is 0 Å². The Kier molecular flexibility index (Phi) is 3.69. The van der Waals surface area contributed by atoms with E-state index < -0.39 is 0 Å². The van der Waals surface area contributed by atoms with Gasteiger partial charge in [0.25, 0.3) is 0 Å². The van der Waals surface area contributed by atoms with Crippen molar-refractivity contribution in [3.05, 3.63) is 89.6 Å². The van der Waals surface area contributed by atoms with E-state index >= 15 is 0 Å². The lowest BCUT2D eigenvalue weighted by molar-refractivity contribution is 0.103. The minimum atomic E-state index is 0.151. The first-order chi connectivity index (χ1) is 10.3. The number of carbonyl (C=O) groups is 1. The Bertz CT molecular complexity index is 713. The molecule has 0 saturated heterocycles. The molecular weight excluding hydrogens is 258 g/mol. The van der Waals surface area contributed by atoms with Gasteiger partial charge in [-0.1, -0.05) is 48.5 Å². The Morgan fingerprint density at radius 3 is 2.48 bits per heavy atom. The van der Waals surface area contributed by atoms with E-state index in [9.17, 15) is 4.79 Å². The summed E-state index contributed by atoms with van der Waals surface area (Å²) in [5.41, 5.74) is 3.94. The number of benzene rings is 2. The lowest BCUT2D eigenvalue weighted by Gasteiger charge is -2.12. The SMILES string of the molecule is CN(C=CC=C1Cc2ccccc2C1=O)c1ccccc1. The van der Waals surface area contributed by atoms with Crippen molar-refractivity contribution in [2.75, 3.05) is 11.9 Å². The molecule has 1 aliphatic rings. The van der Waals surface area contributed by atoms with E-state index in [4.69, 9.17) is 0 Å². The quantitative estimate of drug-likeness (QED) is 0.789. The summed E-state index contributed by atoms with van der Waals surface area (Å²) >= 11 is 0. The third kappa shape index (κ3) is 2.79. The fourth-order valence-corrected chi connectivity index (χ4v) is 2.53. The van der Waals surface area contributed by atoms with Crippen LogP contribution in [0.2, 0.25) is 0 Å². The third-order valence-corrected chi connectivity index (χ3v) is 3.71. The number of hydrogen-bond acceptors (Lipinski definition) is 2. The molecule has 0 N–H and O–H groups in total. The molecule has 0 amide bonds. The maximum absolute atomic E-state index is 12.2. The first-order valence-corrected chi connectivity index (χ1v) is 7.03. The smallest absolute Gasteiger partial charge is 0.189 e. The predicted molar refractivity (Wildman–Crippen MR) is 86.5 cm³/mol. The molecular formula is C19H17NO. The summed E-state index contributed by atoms with van der Waals surface area (Å²) in [6.07, 6.45) is 6.56. The van der Waals surface area contributed by atoms with Gasteiger partial charge in [0.15, 0.2) is 5.78 Å². The average Bonchev–Trinajstić information content (AvgIpc) is 2.85. The Morgan fingerprint density at radius 1 is 1.00 bits per heavy atom. The van der Waals surface area contributed by atoms with Crippen LogP contribution in [0.1, 0.15) is 15.9 Å². The fraction of sp³-hybridized carbons (Fsp3) is 0.105. The second-order valence-corrected chi connectivity index (χ2v) is 5.14. The van der Waals surface area contributed by atoms with Gasteiger partial charge in [-0.15, -0.1) is 0 Å². The van der Waals surface area contributed by atoms with E-state index in [-0.39, 0.29) is 5.78 Å². The van der Waals surface area contributed by atoms with Crippen molar-refractivity contribution in [1.29, 1.82) is 0 Å². The number of allylic oxidation sites excluding steroid dienone is 3. The van der Waals surface area contributed by atoms with Gasteiger partial charge < -0.3 is 4.90 Å². The maximum Gasteiger partial charge on any atom is 0.189 e. The van der Waals surface area contributed by atoms with E-state index in [1.54, 1.807) is 0 Å². The summed E-state index contributed by atoms with van der Waals surface area (Å²) in [5.74, 6) is 0.151. The number of hydrogen-bond donors (Lipinski definition) is 0. The normalized spacial score (nSPS) is 15.7. The topological polar surface area (TPSA) is 20.3 Å². The zero-order valence-corrected chi connectivity index (χ0v) is 12.0. The minimum Gasteiger partial charge on any atom is -0.351 e. The summed E-state index contributed by atoms with van der Waals surface area (Å²) < 4.78 is 0. The Hall–Kier alpha value is -2.61. The van der Waals surface area contributed by atoms with Gasteiger partial charge in [-0.3, -0.25) is 4.79 Å². The zero-order chi connectivity index (χ0) is 14.7. The molecule has 0 spiro atoms. The monoisotopic (exact) mass is 275 g/mol. The molecule has 0 aliphatic heterocycles. The standard InChI is InChI=1S/C19H17NO/c1-20(17-10-3-2-4-11-17)13-7-9-16-14-15-8-5-6-12-18(15)19(16)21/h2-13H,14H2,1H3. The van der Waals surface area contributed by atoms with Crippen LogP contribution in [0, 0.1) is 0 Å². The van der Waals surface area contributed by atoms with E-state index in [1.807, 2.05) is 84.9 Å². The molecule has 0 radical (unpaired) electrons. The van der Waals surface area contributed by atoms with Crippen molar-refractivity contribution in [2.45, 2.75) is 6.42 Å². The van der Waals surface area contributed by atoms with Crippen molar-refractivity contribution < 1.29 is 4.79 Å². The molecule has 104 valence electrons. The average molecular weight is 275 g/mol. The summed E-state index contributed by atoms with van der Waals surface area (Å²) in [5, 5.41) is 0. The van der Waals surface area contributed by atoms with E-state index in [0.29, 0.717) is 0 Å². The molecule has 0 fully saturated rings. The number of Topliss-reactive ketones (excluding diaryl/α,β-unsaturated/α-hetero) is 1. The number of nitrogens with zero attached hydrogens (tertiary/aromatic N) is 1. The summed E-state index contributed by atoms with van der Waals surface area (Å²) in [6, 6.07) is 17.9.